The van der Waals surface area contributed by atoms with Gasteiger partial charge in [0, 0.05) is 11.4 Å². The van der Waals surface area contributed by atoms with E-state index in [4.69, 9.17) is 0 Å². The monoisotopic (exact) mass is 284 g/mol. The average Bonchev–Trinajstić information content (AvgIpc) is 2.47. The fourth-order valence-electron chi connectivity index (χ4n) is 1.88. The third-order valence-electron chi connectivity index (χ3n) is 2.86. The highest BCUT2D eigenvalue weighted by molar-refractivity contribution is 7.99. The summed E-state index contributed by atoms with van der Waals surface area (Å²) in [6, 6.07) is 15.2. The molecule has 2 aromatic rings. The minimum Gasteiger partial charge on any atom is -0.508 e. The van der Waals surface area contributed by atoms with Gasteiger partial charge in [-0.05, 0) is 35.6 Å². The van der Waals surface area contributed by atoms with E-state index in [1.165, 1.54) is 0 Å². The second-order valence-corrected chi connectivity index (χ2v) is 5.55. The molecule has 0 amide bonds. The molecular formula is C16H16N2OS. The molecule has 0 fully saturated rings. The number of aromatic hydroxyl groups is 1. The molecule has 2 rings (SSSR count). The first-order chi connectivity index (χ1) is 9.74. The van der Waals surface area contributed by atoms with Crippen LogP contribution >= 0.6 is 11.8 Å². The van der Waals surface area contributed by atoms with Crippen LogP contribution in [0.2, 0.25) is 0 Å². The molecule has 0 radical (unpaired) electrons. The van der Waals surface area contributed by atoms with Crippen molar-refractivity contribution >= 4 is 17.4 Å². The molecule has 0 spiro atoms. The summed E-state index contributed by atoms with van der Waals surface area (Å²) in [6.07, 6.45) is 0. The molecule has 0 heterocycles. The standard InChI is InChI=1S/C16H16N2OS/c1-2-20-16-5-3-4-15(14(16)10-17)18-11-12-6-8-13(19)9-7-12/h3-9,18-19H,2,11H2,1H3. The van der Waals surface area contributed by atoms with Crippen LogP contribution < -0.4 is 5.32 Å². The van der Waals surface area contributed by atoms with Gasteiger partial charge in [0.25, 0.3) is 0 Å². The van der Waals surface area contributed by atoms with Crippen molar-refractivity contribution in [3.05, 3.63) is 53.6 Å². The maximum absolute atomic E-state index is 9.32. The summed E-state index contributed by atoms with van der Waals surface area (Å²) in [7, 11) is 0. The van der Waals surface area contributed by atoms with Crippen LogP contribution in [-0.4, -0.2) is 10.9 Å². The molecule has 20 heavy (non-hydrogen) atoms. The van der Waals surface area contributed by atoms with Crippen LogP contribution in [0.15, 0.2) is 47.4 Å². The molecule has 2 aromatic carbocycles. The summed E-state index contributed by atoms with van der Waals surface area (Å²) in [5, 5.41) is 21.9. The lowest BCUT2D eigenvalue weighted by atomic mass is 10.1. The highest BCUT2D eigenvalue weighted by Gasteiger charge is 2.07. The zero-order valence-electron chi connectivity index (χ0n) is 11.3. The number of nitrogens with zero attached hydrogens (tertiary/aromatic N) is 1. The number of phenolic OH excluding ortho intramolecular Hbond substituents is 1. The van der Waals surface area contributed by atoms with Gasteiger partial charge >= 0.3 is 0 Å². The lowest BCUT2D eigenvalue weighted by Crippen LogP contribution is -2.01. The van der Waals surface area contributed by atoms with Crippen LogP contribution in [0.5, 0.6) is 5.75 Å². The molecule has 0 bridgehead atoms. The summed E-state index contributed by atoms with van der Waals surface area (Å²) in [6.45, 7) is 2.69. The maximum Gasteiger partial charge on any atom is 0.115 e. The quantitative estimate of drug-likeness (QED) is 0.815. The summed E-state index contributed by atoms with van der Waals surface area (Å²) in [5.41, 5.74) is 2.59. The lowest BCUT2D eigenvalue weighted by Gasteiger charge is -2.11. The molecule has 0 aliphatic carbocycles. The average molecular weight is 284 g/mol. The van der Waals surface area contributed by atoms with E-state index in [-0.39, 0.29) is 5.75 Å². The van der Waals surface area contributed by atoms with Gasteiger partial charge in [-0.1, -0.05) is 25.1 Å². The Kier molecular flexibility index (Phi) is 4.91. The third-order valence-corrected chi connectivity index (χ3v) is 3.80. The van der Waals surface area contributed by atoms with Gasteiger partial charge in [0.2, 0.25) is 0 Å². The van der Waals surface area contributed by atoms with Crippen molar-refractivity contribution in [2.75, 3.05) is 11.1 Å². The van der Waals surface area contributed by atoms with Crippen LogP contribution in [0.25, 0.3) is 0 Å². The number of hydrogen-bond donors (Lipinski definition) is 2. The number of nitriles is 1. The van der Waals surface area contributed by atoms with Crippen molar-refractivity contribution in [1.82, 2.24) is 0 Å². The Morgan fingerprint density at radius 2 is 1.95 bits per heavy atom. The van der Waals surface area contributed by atoms with Gasteiger partial charge in [-0.3, -0.25) is 0 Å². The van der Waals surface area contributed by atoms with Gasteiger partial charge in [-0.2, -0.15) is 5.26 Å². The van der Waals surface area contributed by atoms with Gasteiger partial charge in [0.15, 0.2) is 0 Å². The fraction of sp³-hybridized carbons (Fsp3) is 0.188. The largest absolute Gasteiger partial charge is 0.508 e. The second kappa shape index (κ2) is 6.88. The van der Waals surface area contributed by atoms with E-state index in [0.29, 0.717) is 12.1 Å². The first-order valence-corrected chi connectivity index (χ1v) is 7.41. The van der Waals surface area contributed by atoms with Crippen molar-refractivity contribution in [3.63, 3.8) is 0 Å². The number of thioether (sulfide) groups is 1. The van der Waals surface area contributed by atoms with Crippen LogP contribution in [0.4, 0.5) is 5.69 Å². The molecule has 102 valence electrons. The summed E-state index contributed by atoms with van der Waals surface area (Å²) >= 11 is 1.67. The molecule has 0 aliphatic heterocycles. The molecule has 0 aliphatic rings. The molecule has 0 atom stereocenters. The number of nitrogens with one attached hydrogen (secondary N) is 1. The van der Waals surface area contributed by atoms with Crippen LogP contribution in [0, 0.1) is 11.3 Å². The Morgan fingerprint density at radius 3 is 2.60 bits per heavy atom. The maximum atomic E-state index is 9.32. The summed E-state index contributed by atoms with van der Waals surface area (Å²) in [4.78, 5) is 1.01. The third kappa shape index (κ3) is 3.46. The van der Waals surface area contributed by atoms with Crippen molar-refractivity contribution in [2.24, 2.45) is 0 Å². The van der Waals surface area contributed by atoms with Gasteiger partial charge in [0.05, 0.1) is 11.3 Å². The Labute approximate surface area is 123 Å². The SMILES string of the molecule is CCSc1cccc(NCc2ccc(O)cc2)c1C#N. The minimum absolute atomic E-state index is 0.257. The number of hydrogen-bond acceptors (Lipinski definition) is 4. The van der Waals surface area contributed by atoms with E-state index in [2.05, 4.69) is 18.3 Å². The first kappa shape index (κ1) is 14.3. The molecule has 0 aromatic heterocycles. The highest BCUT2D eigenvalue weighted by atomic mass is 32.2. The Bertz CT molecular complexity index is 617. The predicted molar refractivity (Wildman–Crippen MR) is 83.0 cm³/mol. The van der Waals surface area contributed by atoms with Crippen LogP contribution in [0.1, 0.15) is 18.1 Å². The van der Waals surface area contributed by atoms with Crippen LogP contribution in [-0.2, 0) is 6.54 Å². The van der Waals surface area contributed by atoms with E-state index in [0.717, 1.165) is 21.9 Å². The number of phenols is 1. The zero-order chi connectivity index (χ0) is 14.4. The topological polar surface area (TPSA) is 56.0 Å². The fourth-order valence-corrected chi connectivity index (χ4v) is 2.67. The number of anilines is 1. The summed E-state index contributed by atoms with van der Waals surface area (Å²) in [5.74, 6) is 1.20. The van der Waals surface area contributed by atoms with E-state index < -0.39 is 0 Å². The number of benzene rings is 2. The first-order valence-electron chi connectivity index (χ1n) is 6.42. The van der Waals surface area contributed by atoms with Gasteiger partial charge in [-0.15, -0.1) is 11.8 Å². The van der Waals surface area contributed by atoms with E-state index in [1.54, 1.807) is 23.9 Å². The van der Waals surface area contributed by atoms with E-state index >= 15 is 0 Å². The van der Waals surface area contributed by atoms with Gasteiger partial charge in [-0.25, -0.2) is 0 Å². The second-order valence-electron chi connectivity index (χ2n) is 4.24. The Hall–Kier alpha value is -2.12. The van der Waals surface area contributed by atoms with Crippen molar-refractivity contribution in [2.45, 2.75) is 18.4 Å². The van der Waals surface area contributed by atoms with Crippen molar-refractivity contribution < 1.29 is 5.11 Å². The van der Waals surface area contributed by atoms with Gasteiger partial charge < -0.3 is 10.4 Å². The molecule has 3 nitrogen and oxygen atoms in total. The minimum atomic E-state index is 0.257. The van der Waals surface area contributed by atoms with Crippen molar-refractivity contribution in [1.29, 1.82) is 5.26 Å². The predicted octanol–water partition coefficient (Wildman–Crippen LogP) is 3.99. The Morgan fingerprint density at radius 1 is 1.20 bits per heavy atom. The highest BCUT2D eigenvalue weighted by Crippen LogP contribution is 2.28. The normalized spacial score (nSPS) is 10.0. The summed E-state index contributed by atoms with van der Waals surface area (Å²) < 4.78 is 0. The van der Waals surface area contributed by atoms with Gasteiger partial charge in [0.1, 0.15) is 11.8 Å². The molecule has 0 saturated carbocycles. The zero-order valence-corrected chi connectivity index (χ0v) is 12.1. The van der Waals surface area contributed by atoms with E-state index in [1.807, 2.05) is 30.3 Å². The molecule has 0 unspecified atom stereocenters. The lowest BCUT2D eigenvalue weighted by molar-refractivity contribution is 0.475. The molecule has 0 saturated heterocycles. The number of rotatable bonds is 5. The molecule has 2 N–H and O–H groups in total. The molecule has 4 heteroatoms. The smallest absolute Gasteiger partial charge is 0.115 e. The van der Waals surface area contributed by atoms with Crippen molar-refractivity contribution in [3.8, 4) is 11.8 Å². The molecular weight excluding hydrogens is 268 g/mol. The van der Waals surface area contributed by atoms with E-state index in [9.17, 15) is 10.4 Å². The Balaban J connectivity index is 2.15. The van der Waals surface area contributed by atoms with Crippen LogP contribution in [0.3, 0.4) is 0 Å².